The normalized spacial score (nSPS) is 13.3. The summed E-state index contributed by atoms with van der Waals surface area (Å²) in [5, 5.41) is 7.16. The van der Waals surface area contributed by atoms with Gasteiger partial charge in [-0.3, -0.25) is 9.78 Å². The van der Waals surface area contributed by atoms with E-state index in [2.05, 4.69) is 15.4 Å². The van der Waals surface area contributed by atoms with Crippen molar-refractivity contribution in [3.8, 4) is 22.8 Å². The van der Waals surface area contributed by atoms with Crippen LogP contribution in [0.15, 0.2) is 41.2 Å². The molecule has 1 aliphatic rings. The van der Waals surface area contributed by atoms with Gasteiger partial charge < -0.3 is 10.1 Å². The highest BCUT2D eigenvalue weighted by atomic mass is 35.5. The number of rotatable bonds is 6. The summed E-state index contributed by atoms with van der Waals surface area (Å²) >= 11 is 6.06. The van der Waals surface area contributed by atoms with Gasteiger partial charge in [-0.15, -0.1) is 5.10 Å². The lowest BCUT2D eigenvalue weighted by atomic mass is 10.1. The largest absolute Gasteiger partial charge is 0.496 e. The summed E-state index contributed by atoms with van der Waals surface area (Å²) in [6.07, 6.45) is 2.23. The maximum absolute atomic E-state index is 14.2. The minimum absolute atomic E-state index is 0.000860. The highest BCUT2D eigenvalue weighted by Gasteiger charge is 2.23. The van der Waals surface area contributed by atoms with Gasteiger partial charge in [0.05, 0.1) is 28.9 Å². The van der Waals surface area contributed by atoms with Gasteiger partial charge in [0.1, 0.15) is 11.6 Å². The zero-order valence-electron chi connectivity index (χ0n) is 15.5. The second-order valence-corrected chi connectivity index (χ2v) is 7.23. The number of aromatic amines is 1. The molecule has 1 aromatic heterocycles. The topological polar surface area (TPSA) is 89.0 Å². The molecule has 0 unspecified atom stereocenters. The average Bonchev–Trinajstić information content (AvgIpc) is 3.46. The van der Waals surface area contributed by atoms with Crippen molar-refractivity contribution in [2.75, 3.05) is 13.7 Å². The van der Waals surface area contributed by atoms with Crippen molar-refractivity contribution >= 4 is 17.5 Å². The molecule has 1 aliphatic carbocycles. The Hall–Kier alpha value is -3.13. The van der Waals surface area contributed by atoms with Crippen LogP contribution < -0.4 is 15.7 Å². The van der Waals surface area contributed by atoms with E-state index in [4.69, 9.17) is 16.3 Å². The van der Waals surface area contributed by atoms with E-state index < -0.39 is 11.5 Å². The maximum atomic E-state index is 14.2. The van der Waals surface area contributed by atoms with E-state index in [0.717, 1.165) is 17.5 Å². The molecule has 9 heteroatoms. The van der Waals surface area contributed by atoms with Crippen molar-refractivity contribution < 1.29 is 13.9 Å². The number of benzene rings is 2. The van der Waals surface area contributed by atoms with Crippen molar-refractivity contribution in [2.45, 2.75) is 12.8 Å². The van der Waals surface area contributed by atoms with E-state index in [1.165, 1.54) is 31.4 Å². The molecule has 150 valence electrons. The lowest BCUT2D eigenvalue weighted by Gasteiger charge is -2.11. The number of ether oxygens (including phenoxy) is 1. The molecule has 0 bridgehead atoms. The molecule has 0 aliphatic heterocycles. The van der Waals surface area contributed by atoms with E-state index in [1.807, 2.05) is 0 Å². The Morgan fingerprint density at radius 2 is 2.17 bits per heavy atom. The summed E-state index contributed by atoms with van der Waals surface area (Å²) in [5.74, 6) is -0.00310. The van der Waals surface area contributed by atoms with E-state index in [-0.39, 0.29) is 27.9 Å². The summed E-state index contributed by atoms with van der Waals surface area (Å²) in [6, 6.07) is 8.88. The number of nitrogens with zero attached hydrogens (tertiary/aromatic N) is 2. The van der Waals surface area contributed by atoms with Crippen LogP contribution in [0.2, 0.25) is 5.02 Å². The number of hydrogen-bond acceptors (Lipinski definition) is 4. The standard InChI is InChI=1S/C20H18ClFN4O3/c1-29-16-8-7-12(9-13(16)19(27)23-10-11-5-6-11)26-20(28)24-18(25-26)17-14(21)3-2-4-15(17)22/h2-4,7-9,11H,5-6,10H2,1H3,(H,23,27)(H,24,25,28). The van der Waals surface area contributed by atoms with Crippen LogP contribution in [-0.2, 0) is 0 Å². The Bertz CT molecular complexity index is 1120. The molecule has 1 amide bonds. The summed E-state index contributed by atoms with van der Waals surface area (Å²) in [6.45, 7) is 0.602. The zero-order chi connectivity index (χ0) is 20.5. The molecule has 1 fully saturated rings. The van der Waals surface area contributed by atoms with Crippen LogP contribution in [0.25, 0.3) is 17.1 Å². The lowest BCUT2D eigenvalue weighted by Crippen LogP contribution is -2.26. The molecule has 1 heterocycles. The van der Waals surface area contributed by atoms with Crippen molar-refractivity contribution in [3.63, 3.8) is 0 Å². The molecule has 2 N–H and O–H groups in total. The third kappa shape index (κ3) is 3.88. The van der Waals surface area contributed by atoms with E-state index >= 15 is 0 Å². The molecule has 3 aromatic rings. The van der Waals surface area contributed by atoms with Crippen molar-refractivity contribution in [3.05, 3.63) is 63.3 Å². The molecule has 0 spiro atoms. The SMILES string of the molecule is COc1ccc(-n2nc(-c3c(F)cccc3Cl)[nH]c2=O)cc1C(=O)NCC1CC1. The first-order valence-corrected chi connectivity index (χ1v) is 9.46. The molecule has 7 nitrogen and oxygen atoms in total. The Labute approximate surface area is 170 Å². The fourth-order valence-corrected chi connectivity index (χ4v) is 3.25. The summed E-state index contributed by atoms with van der Waals surface area (Å²) in [7, 11) is 1.46. The third-order valence-corrected chi connectivity index (χ3v) is 5.05. The maximum Gasteiger partial charge on any atom is 0.348 e. The molecule has 29 heavy (non-hydrogen) atoms. The number of nitrogens with one attached hydrogen (secondary N) is 2. The van der Waals surface area contributed by atoms with Gasteiger partial charge in [-0.2, -0.15) is 4.68 Å². The Balaban J connectivity index is 1.71. The summed E-state index contributed by atoms with van der Waals surface area (Å²) in [5.41, 5.74) is 0.0307. The highest BCUT2D eigenvalue weighted by molar-refractivity contribution is 6.33. The van der Waals surface area contributed by atoms with Gasteiger partial charge in [-0.1, -0.05) is 17.7 Å². The first-order chi connectivity index (χ1) is 14.0. The van der Waals surface area contributed by atoms with Crippen LogP contribution in [0.4, 0.5) is 4.39 Å². The summed E-state index contributed by atoms with van der Waals surface area (Å²) < 4.78 is 20.5. The number of H-pyrrole nitrogens is 1. The fourth-order valence-electron chi connectivity index (χ4n) is 3.00. The number of amides is 1. The lowest BCUT2D eigenvalue weighted by molar-refractivity contribution is 0.0948. The minimum Gasteiger partial charge on any atom is -0.496 e. The number of methoxy groups -OCH3 is 1. The van der Waals surface area contributed by atoms with Gasteiger partial charge >= 0.3 is 5.69 Å². The smallest absolute Gasteiger partial charge is 0.348 e. The molecule has 4 rings (SSSR count). The number of aromatic nitrogens is 3. The Kier molecular flexibility index (Phi) is 5.10. The third-order valence-electron chi connectivity index (χ3n) is 4.74. The molecular weight excluding hydrogens is 399 g/mol. The monoisotopic (exact) mass is 416 g/mol. The highest BCUT2D eigenvalue weighted by Crippen LogP contribution is 2.29. The van der Waals surface area contributed by atoms with Crippen LogP contribution in [-0.4, -0.2) is 34.3 Å². The zero-order valence-corrected chi connectivity index (χ0v) is 16.3. The van der Waals surface area contributed by atoms with Crippen molar-refractivity contribution in [1.82, 2.24) is 20.1 Å². The number of halogens is 2. The van der Waals surface area contributed by atoms with Crippen LogP contribution >= 0.6 is 11.6 Å². The molecule has 0 saturated heterocycles. The van der Waals surface area contributed by atoms with E-state index in [0.29, 0.717) is 23.9 Å². The predicted octanol–water partition coefficient (Wildman–Crippen LogP) is 3.17. The number of carbonyl (C=O) groups is 1. The second kappa shape index (κ2) is 7.71. The first-order valence-electron chi connectivity index (χ1n) is 9.08. The fraction of sp³-hybridized carbons (Fsp3) is 0.250. The van der Waals surface area contributed by atoms with Crippen LogP contribution in [0, 0.1) is 11.7 Å². The molecule has 0 atom stereocenters. The van der Waals surface area contributed by atoms with Gasteiger partial charge in [0.25, 0.3) is 5.91 Å². The molecule has 0 radical (unpaired) electrons. The molecular formula is C20H18ClFN4O3. The van der Waals surface area contributed by atoms with Gasteiger partial charge in [-0.05, 0) is 49.1 Å². The number of carbonyl (C=O) groups excluding carboxylic acids is 1. The van der Waals surface area contributed by atoms with Crippen molar-refractivity contribution in [1.29, 1.82) is 0 Å². The number of hydrogen-bond donors (Lipinski definition) is 2. The first kappa shape index (κ1) is 19.2. The predicted molar refractivity (Wildman–Crippen MR) is 106 cm³/mol. The van der Waals surface area contributed by atoms with Crippen molar-refractivity contribution in [2.24, 2.45) is 5.92 Å². The van der Waals surface area contributed by atoms with Crippen LogP contribution in [0.1, 0.15) is 23.2 Å². The Morgan fingerprint density at radius 3 is 2.86 bits per heavy atom. The van der Waals surface area contributed by atoms with Gasteiger partial charge in [0, 0.05) is 6.54 Å². The van der Waals surface area contributed by atoms with Crippen LogP contribution in [0.3, 0.4) is 0 Å². The van der Waals surface area contributed by atoms with Gasteiger partial charge in [0.15, 0.2) is 5.82 Å². The molecule has 2 aromatic carbocycles. The second-order valence-electron chi connectivity index (χ2n) is 6.83. The Morgan fingerprint density at radius 1 is 1.38 bits per heavy atom. The molecule has 1 saturated carbocycles. The van der Waals surface area contributed by atoms with Crippen LogP contribution in [0.5, 0.6) is 5.75 Å². The van der Waals surface area contributed by atoms with E-state index in [9.17, 15) is 14.0 Å². The minimum atomic E-state index is -0.603. The summed E-state index contributed by atoms with van der Waals surface area (Å²) in [4.78, 5) is 27.5. The average molecular weight is 417 g/mol. The van der Waals surface area contributed by atoms with E-state index in [1.54, 1.807) is 12.1 Å². The quantitative estimate of drug-likeness (QED) is 0.646. The van der Waals surface area contributed by atoms with Gasteiger partial charge in [-0.25, -0.2) is 9.18 Å². The van der Waals surface area contributed by atoms with Gasteiger partial charge in [0.2, 0.25) is 0 Å².